The van der Waals surface area contributed by atoms with E-state index in [1.54, 1.807) is 24.3 Å². The first-order valence-electron chi connectivity index (χ1n) is 9.33. The zero-order chi connectivity index (χ0) is 20.6. The predicted octanol–water partition coefficient (Wildman–Crippen LogP) is 2.81. The van der Waals surface area contributed by atoms with Crippen LogP contribution in [0, 0.1) is 0 Å². The predicted molar refractivity (Wildman–Crippen MR) is 104 cm³/mol. The maximum Gasteiger partial charge on any atom is 0.407 e. The van der Waals surface area contributed by atoms with Crippen molar-refractivity contribution in [1.29, 1.82) is 0 Å². The molecule has 0 saturated carbocycles. The van der Waals surface area contributed by atoms with Gasteiger partial charge in [-0.2, -0.15) is 0 Å². The van der Waals surface area contributed by atoms with Crippen molar-refractivity contribution in [3.63, 3.8) is 0 Å². The monoisotopic (exact) mass is 420 g/mol. The Morgan fingerprint density at radius 3 is 2.55 bits per heavy atom. The van der Waals surface area contributed by atoms with Crippen molar-refractivity contribution in [2.45, 2.75) is 28.4 Å². The van der Waals surface area contributed by atoms with E-state index in [4.69, 9.17) is 9.84 Å². The van der Waals surface area contributed by atoms with Gasteiger partial charge in [-0.3, -0.25) is 0 Å². The molecular weight excluding hydrogens is 399 g/mol. The van der Waals surface area contributed by atoms with Gasteiger partial charge in [0.25, 0.3) is 0 Å². The molecule has 0 aromatic heterocycles. The normalized spacial score (nSPS) is 22.0. The number of likely N-dealkylation sites (tertiary alicyclic amines) is 1. The lowest BCUT2D eigenvalue weighted by Crippen LogP contribution is -2.55. The van der Waals surface area contributed by atoms with Crippen LogP contribution in [-0.4, -0.2) is 63.0 Å². The number of nitrogens with zero attached hydrogens (tertiary/aromatic N) is 2. The average Bonchev–Trinajstić information content (AvgIpc) is 2.73. The minimum absolute atomic E-state index is 0.113. The quantitative estimate of drug-likeness (QED) is 0.822. The summed E-state index contributed by atoms with van der Waals surface area (Å²) in [4.78, 5) is 14.3. The molecule has 1 saturated heterocycles. The zero-order valence-electron chi connectivity index (χ0n) is 15.6. The zero-order valence-corrected chi connectivity index (χ0v) is 16.4. The number of anilines is 1. The lowest BCUT2D eigenvalue weighted by Gasteiger charge is -2.43. The highest BCUT2D eigenvalue weighted by Gasteiger charge is 2.37. The molecule has 2 aliphatic rings. The fourth-order valence-electron chi connectivity index (χ4n) is 3.89. The molecule has 0 spiro atoms. The van der Waals surface area contributed by atoms with Crippen molar-refractivity contribution < 1.29 is 27.4 Å². The maximum absolute atomic E-state index is 14.7. The summed E-state index contributed by atoms with van der Waals surface area (Å²) >= 11 is 0. The molecular formula is C20H21FN2O5S. The topological polar surface area (TPSA) is 87.2 Å². The maximum atomic E-state index is 14.7. The molecule has 7 nitrogen and oxygen atoms in total. The van der Waals surface area contributed by atoms with Crippen molar-refractivity contribution in [2.75, 3.05) is 31.1 Å². The summed E-state index contributed by atoms with van der Waals surface area (Å²) in [6, 6.07) is 12.3. The molecule has 1 fully saturated rings. The number of hydrogen-bond acceptors (Lipinski definition) is 5. The summed E-state index contributed by atoms with van der Waals surface area (Å²) in [5.74, 6) is 0.390. The molecule has 0 radical (unpaired) electrons. The molecule has 2 atom stereocenters. The number of rotatable bonds is 3. The Labute approximate surface area is 168 Å². The van der Waals surface area contributed by atoms with E-state index in [1.165, 1.54) is 24.3 Å². The third-order valence-electron chi connectivity index (χ3n) is 5.37. The Kier molecular flexibility index (Phi) is 5.08. The number of carboxylic acid groups (broad SMARTS) is 1. The highest BCUT2D eigenvalue weighted by Crippen LogP contribution is 2.38. The Bertz CT molecular complexity index is 1010. The minimum atomic E-state index is -3.69. The standard InChI is InChI=1S/C20H21FN2O5S/c21-16-13-22(20(24)25)9-8-17(16)23-10-11-28-19-12-15(6-7-18(19)23)29(26,27)14-4-2-1-3-5-14/h1-7,12,16-17H,8-11,13H2,(H,24,25). The Balaban J connectivity index is 1.62. The molecule has 1 amide bonds. The van der Waals surface area contributed by atoms with E-state index >= 15 is 0 Å². The van der Waals surface area contributed by atoms with Crippen LogP contribution in [0.4, 0.5) is 14.9 Å². The van der Waals surface area contributed by atoms with Gasteiger partial charge in [0.2, 0.25) is 9.84 Å². The smallest absolute Gasteiger partial charge is 0.407 e. The second kappa shape index (κ2) is 7.55. The van der Waals surface area contributed by atoms with Crippen LogP contribution in [0.5, 0.6) is 5.75 Å². The Hall–Kier alpha value is -2.81. The fourth-order valence-corrected chi connectivity index (χ4v) is 5.18. The largest absolute Gasteiger partial charge is 0.490 e. The first-order chi connectivity index (χ1) is 13.9. The van der Waals surface area contributed by atoms with Gasteiger partial charge in [-0.15, -0.1) is 0 Å². The SMILES string of the molecule is O=C(O)N1CCC(N2CCOc3cc(S(=O)(=O)c4ccccc4)ccc32)C(F)C1. The molecule has 29 heavy (non-hydrogen) atoms. The van der Waals surface area contributed by atoms with E-state index in [0.29, 0.717) is 31.0 Å². The summed E-state index contributed by atoms with van der Waals surface area (Å²) in [6.07, 6.45) is -2.10. The van der Waals surface area contributed by atoms with E-state index in [2.05, 4.69) is 0 Å². The van der Waals surface area contributed by atoms with Crippen LogP contribution in [0.2, 0.25) is 0 Å². The molecule has 0 aliphatic carbocycles. The third-order valence-corrected chi connectivity index (χ3v) is 7.14. The summed E-state index contributed by atoms with van der Waals surface area (Å²) in [6.45, 7) is 0.838. The number of amides is 1. The first-order valence-corrected chi connectivity index (χ1v) is 10.8. The molecule has 9 heteroatoms. The lowest BCUT2D eigenvalue weighted by atomic mass is 10.00. The van der Waals surface area contributed by atoms with Crippen molar-refractivity contribution in [3.8, 4) is 5.75 Å². The molecule has 4 rings (SSSR count). The van der Waals surface area contributed by atoms with Crippen molar-refractivity contribution in [2.24, 2.45) is 0 Å². The fraction of sp³-hybridized carbons (Fsp3) is 0.350. The van der Waals surface area contributed by atoms with E-state index < -0.39 is 28.1 Å². The number of carbonyl (C=O) groups is 1. The van der Waals surface area contributed by atoms with Crippen molar-refractivity contribution in [1.82, 2.24) is 4.90 Å². The number of hydrogen-bond donors (Lipinski definition) is 1. The van der Waals surface area contributed by atoms with Crippen LogP contribution in [0.1, 0.15) is 6.42 Å². The van der Waals surface area contributed by atoms with Gasteiger partial charge in [0.15, 0.2) is 0 Å². The van der Waals surface area contributed by atoms with Gasteiger partial charge in [0, 0.05) is 12.6 Å². The van der Waals surface area contributed by atoms with Crippen LogP contribution in [-0.2, 0) is 9.84 Å². The number of halogens is 1. The van der Waals surface area contributed by atoms with Crippen LogP contribution >= 0.6 is 0 Å². The summed E-state index contributed by atoms with van der Waals surface area (Å²) in [5.41, 5.74) is 0.625. The Morgan fingerprint density at radius 2 is 1.86 bits per heavy atom. The van der Waals surface area contributed by atoms with Gasteiger partial charge >= 0.3 is 6.09 Å². The van der Waals surface area contributed by atoms with E-state index in [9.17, 15) is 17.6 Å². The van der Waals surface area contributed by atoms with Gasteiger partial charge in [-0.05, 0) is 30.7 Å². The highest BCUT2D eigenvalue weighted by atomic mass is 32.2. The van der Waals surface area contributed by atoms with Crippen LogP contribution in [0.15, 0.2) is 58.3 Å². The Morgan fingerprint density at radius 1 is 1.10 bits per heavy atom. The van der Waals surface area contributed by atoms with E-state index in [0.717, 1.165) is 4.90 Å². The molecule has 2 unspecified atom stereocenters. The van der Waals surface area contributed by atoms with Gasteiger partial charge in [-0.1, -0.05) is 18.2 Å². The van der Waals surface area contributed by atoms with Gasteiger partial charge in [-0.25, -0.2) is 17.6 Å². The van der Waals surface area contributed by atoms with Gasteiger partial charge in [0.05, 0.1) is 34.6 Å². The summed E-state index contributed by atoms with van der Waals surface area (Å²) < 4.78 is 46.2. The highest BCUT2D eigenvalue weighted by molar-refractivity contribution is 7.91. The number of sulfone groups is 1. The molecule has 1 N–H and O–H groups in total. The van der Waals surface area contributed by atoms with Crippen LogP contribution in [0.3, 0.4) is 0 Å². The van der Waals surface area contributed by atoms with Crippen molar-refractivity contribution in [3.05, 3.63) is 48.5 Å². The van der Waals surface area contributed by atoms with E-state index in [1.807, 2.05) is 4.90 Å². The molecule has 2 heterocycles. The second-order valence-corrected chi connectivity index (χ2v) is 9.04. The first kappa shape index (κ1) is 19.5. The molecule has 0 bridgehead atoms. The molecule has 2 aromatic carbocycles. The number of benzene rings is 2. The van der Waals surface area contributed by atoms with Gasteiger partial charge < -0.3 is 19.6 Å². The van der Waals surface area contributed by atoms with E-state index in [-0.39, 0.29) is 22.9 Å². The molecule has 154 valence electrons. The summed E-state index contributed by atoms with van der Waals surface area (Å²) in [7, 11) is -3.69. The number of ether oxygens (including phenoxy) is 1. The molecule has 2 aliphatic heterocycles. The summed E-state index contributed by atoms with van der Waals surface area (Å²) in [5, 5.41) is 9.08. The number of alkyl halides is 1. The average molecular weight is 420 g/mol. The van der Waals surface area contributed by atoms with Gasteiger partial charge in [0.1, 0.15) is 18.5 Å². The van der Waals surface area contributed by atoms with Crippen LogP contribution < -0.4 is 9.64 Å². The number of piperidine rings is 1. The third kappa shape index (κ3) is 3.62. The van der Waals surface area contributed by atoms with Crippen molar-refractivity contribution >= 4 is 21.6 Å². The molecule has 2 aromatic rings. The number of fused-ring (bicyclic) bond motifs is 1. The lowest BCUT2D eigenvalue weighted by molar-refractivity contribution is 0.0934. The van der Waals surface area contributed by atoms with Crippen LogP contribution in [0.25, 0.3) is 0 Å². The minimum Gasteiger partial charge on any atom is -0.490 e. The second-order valence-electron chi connectivity index (χ2n) is 7.09.